The number of nitrogen functional groups attached to an aromatic ring is 1. The third-order valence-corrected chi connectivity index (χ3v) is 1.90. The molecule has 2 rings (SSSR count). The molecule has 0 bridgehead atoms. The molecule has 0 amide bonds. The minimum absolute atomic E-state index is 0. The maximum atomic E-state index is 5.57. The fourth-order valence-electron chi connectivity index (χ4n) is 1.12. The van der Waals surface area contributed by atoms with E-state index in [1.54, 1.807) is 4.80 Å². The molecule has 1 aromatic heterocycles. The number of benzene rings is 1. The van der Waals surface area contributed by atoms with Crippen molar-refractivity contribution in [3.8, 4) is 11.4 Å². The van der Waals surface area contributed by atoms with Gasteiger partial charge in [0.05, 0.1) is 6.54 Å². The van der Waals surface area contributed by atoms with Gasteiger partial charge in [0, 0.05) is 11.3 Å². The number of aryl methyl sites for hydroxylation is 1. The highest BCUT2D eigenvalue weighted by Crippen LogP contribution is 2.14. The number of nitrogens with two attached hydrogens (primary N) is 1. The summed E-state index contributed by atoms with van der Waals surface area (Å²) >= 11 is 0. The van der Waals surface area contributed by atoms with Crippen molar-refractivity contribution in [2.45, 2.75) is 13.5 Å². The van der Waals surface area contributed by atoms with E-state index >= 15 is 0 Å². The van der Waals surface area contributed by atoms with Crippen LogP contribution in [0.15, 0.2) is 24.3 Å². The van der Waals surface area contributed by atoms with Crippen LogP contribution in [-0.4, -0.2) is 20.2 Å². The van der Waals surface area contributed by atoms with Crippen LogP contribution < -0.4 is 5.73 Å². The Morgan fingerprint density at radius 2 is 1.93 bits per heavy atom. The quantitative estimate of drug-likeness (QED) is 0.784. The first-order chi connectivity index (χ1) is 6.79. The van der Waals surface area contributed by atoms with Gasteiger partial charge in [-0.3, -0.25) is 0 Å². The van der Waals surface area contributed by atoms with Crippen LogP contribution in [0.4, 0.5) is 5.69 Å². The summed E-state index contributed by atoms with van der Waals surface area (Å²) in [6.45, 7) is 2.69. The topological polar surface area (TPSA) is 69.6 Å². The minimum Gasteiger partial charge on any atom is -0.399 e. The fraction of sp³-hybridized carbons (Fsp3) is 0.222. The third kappa shape index (κ3) is 2.44. The van der Waals surface area contributed by atoms with Gasteiger partial charge >= 0.3 is 0 Å². The second-order valence-corrected chi connectivity index (χ2v) is 2.92. The highest BCUT2D eigenvalue weighted by Gasteiger charge is 2.03. The van der Waals surface area contributed by atoms with E-state index in [0.29, 0.717) is 5.82 Å². The number of anilines is 1. The van der Waals surface area contributed by atoms with Crippen LogP contribution in [0.3, 0.4) is 0 Å². The number of rotatable bonds is 2. The predicted octanol–water partition coefficient (Wildman–Crippen LogP) is 1.36. The largest absolute Gasteiger partial charge is 0.399 e. The third-order valence-electron chi connectivity index (χ3n) is 1.90. The van der Waals surface area contributed by atoms with Crippen molar-refractivity contribution in [1.29, 1.82) is 0 Å². The molecule has 0 saturated heterocycles. The van der Waals surface area contributed by atoms with E-state index in [2.05, 4.69) is 15.4 Å². The molecule has 0 saturated carbocycles. The number of nitrogens with zero attached hydrogens (tertiary/aromatic N) is 4. The van der Waals surface area contributed by atoms with E-state index in [1.165, 1.54) is 0 Å². The fourth-order valence-corrected chi connectivity index (χ4v) is 1.12. The summed E-state index contributed by atoms with van der Waals surface area (Å²) in [5.74, 6) is 0.631. The Labute approximate surface area is 93.7 Å². The lowest BCUT2D eigenvalue weighted by atomic mass is 10.2. The van der Waals surface area contributed by atoms with Gasteiger partial charge in [0.1, 0.15) is 0 Å². The van der Waals surface area contributed by atoms with E-state index < -0.39 is 0 Å². The van der Waals surface area contributed by atoms with E-state index in [9.17, 15) is 0 Å². The lowest BCUT2D eigenvalue weighted by Gasteiger charge is -1.94. The van der Waals surface area contributed by atoms with Crippen LogP contribution in [0.2, 0.25) is 0 Å². The minimum atomic E-state index is 0. The summed E-state index contributed by atoms with van der Waals surface area (Å²) in [7, 11) is 0. The van der Waals surface area contributed by atoms with E-state index in [0.717, 1.165) is 17.8 Å². The van der Waals surface area contributed by atoms with Gasteiger partial charge in [-0.15, -0.1) is 22.6 Å². The molecule has 0 aliphatic heterocycles. The molecule has 1 aromatic carbocycles. The average Bonchev–Trinajstić information content (AvgIpc) is 2.67. The number of aromatic nitrogens is 4. The van der Waals surface area contributed by atoms with E-state index in [-0.39, 0.29) is 12.4 Å². The van der Waals surface area contributed by atoms with Gasteiger partial charge in [0.25, 0.3) is 0 Å². The number of tetrazole rings is 1. The van der Waals surface area contributed by atoms with Crippen LogP contribution >= 0.6 is 12.4 Å². The van der Waals surface area contributed by atoms with Gasteiger partial charge in [-0.2, -0.15) is 4.80 Å². The summed E-state index contributed by atoms with van der Waals surface area (Å²) in [6, 6.07) is 7.41. The molecule has 0 fully saturated rings. The molecular formula is C9H12ClN5. The molecule has 80 valence electrons. The lowest BCUT2D eigenvalue weighted by molar-refractivity contribution is 0.553. The molecule has 0 aliphatic carbocycles. The van der Waals surface area contributed by atoms with Crippen molar-refractivity contribution < 1.29 is 0 Å². The molecule has 1 heterocycles. The molecule has 5 nitrogen and oxygen atoms in total. The molecule has 0 aliphatic rings. The van der Waals surface area contributed by atoms with Crippen LogP contribution in [0, 0.1) is 0 Å². The molecule has 6 heteroatoms. The summed E-state index contributed by atoms with van der Waals surface area (Å²) in [6.07, 6.45) is 0. The summed E-state index contributed by atoms with van der Waals surface area (Å²) in [5, 5.41) is 12.0. The first-order valence-corrected chi connectivity index (χ1v) is 4.43. The molecule has 0 atom stereocenters. The molecule has 0 radical (unpaired) electrons. The monoisotopic (exact) mass is 225 g/mol. The van der Waals surface area contributed by atoms with Gasteiger partial charge in [0.2, 0.25) is 5.82 Å². The van der Waals surface area contributed by atoms with Crippen molar-refractivity contribution in [2.24, 2.45) is 0 Å². The zero-order valence-corrected chi connectivity index (χ0v) is 9.11. The lowest BCUT2D eigenvalue weighted by Crippen LogP contribution is -1.98. The summed E-state index contributed by atoms with van der Waals surface area (Å²) in [5.41, 5.74) is 7.24. The second-order valence-electron chi connectivity index (χ2n) is 2.92. The zero-order valence-electron chi connectivity index (χ0n) is 8.29. The van der Waals surface area contributed by atoms with Gasteiger partial charge in [0.15, 0.2) is 0 Å². The molecule has 15 heavy (non-hydrogen) atoms. The van der Waals surface area contributed by atoms with Crippen molar-refractivity contribution >= 4 is 18.1 Å². The number of hydrogen-bond donors (Lipinski definition) is 1. The van der Waals surface area contributed by atoms with Crippen molar-refractivity contribution in [2.75, 3.05) is 5.73 Å². The summed E-state index contributed by atoms with van der Waals surface area (Å²) in [4.78, 5) is 1.55. The van der Waals surface area contributed by atoms with Crippen molar-refractivity contribution in [1.82, 2.24) is 20.2 Å². The van der Waals surface area contributed by atoms with Crippen molar-refractivity contribution in [3.63, 3.8) is 0 Å². The Hall–Kier alpha value is -1.62. The van der Waals surface area contributed by atoms with Crippen LogP contribution in [0.1, 0.15) is 6.92 Å². The van der Waals surface area contributed by atoms with Crippen molar-refractivity contribution in [3.05, 3.63) is 24.3 Å². The van der Waals surface area contributed by atoms with E-state index in [4.69, 9.17) is 5.73 Å². The average molecular weight is 226 g/mol. The SMILES string of the molecule is CCn1nnc(-c2ccc(N)cc2)n1.Cl. The second kappa shape index (κ2) is 4.75. The van der Waals surface area contributed by atoms with Gasteiger partial charge < -0.3 is 5.73 Å². The predicted molar refractivity (Wildman–Crippen MR) is 60.6 cm³/mol. The maximum Gasteiger partial charge on any atom is 0.204 e. The molecular weight excluding hydrogens is 214 g/mol. The Kier molecular flexibility index (Phi) is 3.62. The van der Waals surface area contributed by atoms with Gasteiger partial charge in [-0.1, -0.05) is 0 Å². The first-order valence-electron chi connectivity index (χ1n) is 4.43. The Bertz CT molecular complexity index is 422. The highest BCUT2D eigenvalue weighted by atomic mass is 35.5. The molecule has 0 unspecified atom stereocenters. The zero-order chi connectivity index (χ0) is 9.97. The Morgan fingerprint density at radius 3 is 2.47 bits per heavy atom. The standard InChI is InChI=1S/C9H11N5.ClH/c1-2-14-12-9(11-13-14)7-3-5-8(10)6-4-7;/h3-6H,2,10H2,1H3;1H. The number of halogens is 1. The molecule has 0 spiro atoms. The van der Waals surface area contributed by atoms with Crippen LogP contribution in [-0.2, 0) is 6.54 Å². The van der Waals surface area contributed by atoms with Crippen LogP contribution in [0.25, 0.3) is 11.4 Å². The van der Waals surface area contributed by atoms with Gasteiger partial charge in [-0.05, 0) is 36.4 Å². The highest BCUT2D eigenvalue weighted by molar-refractivity contribution is 5.85. The van der Waals surface area contributed by atoms with Crippen LogP contribution in [0.5, 0.6) is 0 Å². The Morgan fingerprint density at radius 1 is 1.27 bits per heavy atom. The molecule has 2 aromatic rings. The summed E-state index contributed by atoms with van der Waals surface area (Å²) < 4.78 is 0. The normalized spacial score (nSPS) is 9.67. The number of hydrogen-bond acceptors (Lipinski definition) is 4. The smallest absolute Gasteiger partial charge is 0.204 e. The first kappa shape index (κ1) is 11.5. The maximum absolute atomic E-state index is 5.57. The van der Waals surface area contributed by atoms with Gasteiger partial charge in [-0.25, -0.2) is 0 Å². The Balaban J connectivity index is 0.00000112. The molecule has 2 N–H and O–H groups in total. The van der Waals surface area contributed by atoms with E-state index in [1.807, 2.05) is 31.2 Å².